The highest BCUT2D eigenvalue weighted by molar-refractivity contribution is 8.01. The van der Waals surface area contributed by atoms with Crippen molar-refractivity contribution in [1.82, 2.24) is 15.6 Å². The van der Waals surface area contributed by atoms with Crippen LogP contribution in [0.3, 0.4) is 0 Å². The Balaban J connectivity index is 1.66. The number of methoxy groups -OCH3 is 1. The maximum atomic E-state index is 12.9. The van der Waals surface area contributed by atoms with Crippen molar-refractivity contribution in [3.8, 4) is 5.75 Å². The van der Waals surface area contributed by atoms with Gasteiger partial charge < -0.3 is 20.1 Å². The number of fused-ring (bicyclic) bond motifs is 1. The zero-order valence-electron chi connectivity index (χ0n) is 17.0. The minimum atomic E-state index is -0.621. The molecule has 9 heteroatoms. The SMILES string of the molecule is CCOC(=O)C1=C(CSc2nc3ccccc3s2)NC(=O)N[C@@H]1c1ccc(OC)cc1. The van der Waals surface area contributed by atoms with Gasteiger partial charge in [0.1, 0.15) is 5.75 Å². The number of rotatable bonds is 7. The molecule has 1 atom stereocenters. The van der Waals surface area contributed by atoms with Crippen LogP contribution in [-0.2, 0) is 9.53 Å². The van der Waals surface area contributed by atoms with Gasteiger partial charge in [0.05, 0.1) is 35.5 Å². The number of aromatic nitrogens is 1. The number of para-hydroxylation sites is 1. The standard InChI is InChI=1S/C22H21N3O4S2/c1-3-29-20(26)18-16(12-30-22-24-15-6-4-5-7-17(15)31-22)23-21(27)25-19(18)13-8-10-14(28-2)11-9-13/h4-11,19H,3,12H2,1-2H3,(H2,23,25,27)/t19-/m1/s1. The molecule has 0 unspecified atom stereocenters. The summed E-state index contributed by atoms with van der Waals surface area (Å²) in [6.07, 6.45) is 0. The highest BCUT2D eigenvalue weighted by Crippen LogP contribution is 2.34. The molecule has 2 heterocycles. The van der Waals surface area contributed by atoms with Crippen LogP contribution in [0.1, 0.15) is 18.5 Å². The number of thiazole rings is 1. The number of thioether (sulfide) groups is 1. The number of carbonyl (C=O) groups is 2. The van der Waals surface area contributed by atoms with Crippen molar-refractivity contribution in [3.63, 3.8) is 0 Å². The molecule has 0 aliphatic carbocycles. The van der Waals surface area contributed by atoms with E-state index in [-0.39, 0.29) is 12.6 Å². The molecule has 1 aliphatic heterocycles. The predicted molar refractivity (Wildman–Crippen MR) is 121 cm³/mol. The molecule has 2 N–H and O–H groups in total. The number of carbonyl (C=O) groups excluding carboxylic acids is 2. The summed E-state index contributed by atoms with van der Waals surface area (Å²) in [6, 6.07) is 14.2. The lowest BCUT2D eigenvalue weighted by Gasteiger charge is -2.29. The van der Waals surface area contributed by atoms with Crippen LogP contribution in [0.4, 0.5) is 4.79 Å². The third-order valence-corrected chi connectivity index (χ3v) is 6.92. The molecule has 0 spiro atoms. The topological polar surface area (TPSA) is 89.5 Å². The van der Waals surface area contributed by atoms with E-state index in [1.807, 2.05) is 36.4 Å². The van der Waals surface area contributed by atoms with E-state index in [1.54, 1.807) is 37.5 Å². The molecule has 1 aliphatic rings. The monoisotopic (exact) mass is 455 g/mol. The average molecular weight is 456 g/mol. The Kier molecular flexibility index (Phi) is 6.43. The number of benzene rings is 2. The Morgan fingerprint density at radius 3 is 2.68 bits per heavy atom. The van der Waals surface area contributed by atoms with Gasteiger partial charge in [0.25, 0.3) is 0 Å². The first-order chi connectivity index (χ1) is 15.1. The van der Waals surface area contributed by atoms with Gasteiger partial charge in [-0.25, -0.2) is 14.6 Å². The average Bonchev–Trinajstić information content (AvgIpc) is 3.20. The Morgan fingerprint density at radius 2 is 1.97 bits per heavy atom. The zero-order chi connectivity index (χ0) is 21.8. The van der Waals surface area contributed by atoms with Gasteiger partial charge in [0.15, 0.2) is 4.34 Å². The number of nitrogens with zero attached hydrogens (tertiary/aromatic N) is 1. The van der Waals surface area contributed by atoms with Crippen molar-refractivity contribution in [2.24, 2.45) is 0 Å². The van der Waals surface area contributed by atoms with E-state index >= 15 is 0 Å². The molecule has 2 aromatic carbocycles. The van der Waals surface area contributed by atoms with Crippen LogP contribution in [0.25, 0.3) is 10.2 Å². The summed E-state index contributed by atoms with van der Waals surface area (Å²) < 4.78 is 12.5. The van der Waals surface area contributed by atoms with Gasteiger partial charge in [-0.1, -0.05) is 36.0 Å². The molecule has 160 valence electrons. The van der Waals surface area contributed by atoms with Crippen LogP contribution < -0.4 is 15.4 Å². The normalized spacial score (nSPS) is 16.1. The van der Waals surface area contributed by atoms with Crippen molar-refractivity contribution in [1.29, 1.82) is 0 Å². The molecule has 2 amide bonds. The molecule has 0 radical (unpaired) electrons. The highest BCUT2D eigenvalue weighted by Gasteiger charge is 2.33. The molecule has 3 aromatic rings. The Hall–Kier alpha value is -3.04. The lowest BCUT2D eigenvalue weighted by molar-refractivity contribution is -0.139. The quantitative estimate of drug-likeness (QED) is 0.409. The lowest BCUT2D eigenvalue weighted by Crippen LogP contribution is -2.46. The third kappa shape index (κ3) is 4.67. The van der Waals surface area contributed by atoms with E-state index in [0.29, 0.717) is 22.8 Å². The lowest BCUT2D eigenvalue weighted by atomic mass is 9.95. The third-order valence-electron chi connectivity index (χ3n) is 4.71. The smallest absolute Gasteiger partial charge is 0.338 e. The summed E-state index contributed by atoms with van der Waals surface area (Å²) in [5.74, 6) is 0.613. The summed E-state index contributed by atoms with van der Waals surface area (Å²) in [5.41, 5.74) is 2.61. The van der Waals surface area contributed by atoms with E-state index < -0.39 is 12.0 Å². The molecular weight excluding hydrogens is 434 g/mol. The van der Waals surface area contributed by atoms with Crippen LogP contribution in [0.2, 0.25) is 0 Å². The Bertz CT molecular complexity index is 1110. The predicted octanol–water partition coefficient (Wildman–Crippen LogP) is 4.27. The van der Waals surface area contributed by atoms with Crippen molar-refractivity contribution < 1.29 is 19.1 Å². The molecule has 0 fully saturated rings. The van der Waals surface area contributed by atoms with Crippen LogP contribution in [-0.4, -0.2) is 36.5 Å². The van der Waals surface area contributed by atoms with Gasteiger partial charge in [-0.15, -0.1) is 11.3 Å². The fourth-order valence-corrected chi connectivity index (χ4v) is 5.31. The number of ether oxygens (including phenoxy) is 2. The number of nitrogens with one attached hydrogen (secondary N) is 2. The molecule has 1 aromatic heterocycles. The molecule has 0 saturated carbocycles. The molecule has 31 heavy (non-hydrogen) atoms. The summed E-state index contributed by atoms with van der Waals surface area (Å²) in [4.78, 5) is 29.9. The van der Waals surface area contributed by atoms with Crippen molar-refractivity contribution in [3.05, 3.63) is 65.4 Å². The van der Waals surface area contributed by atoms with Gasteiger partial charge in [0, 0.05) is 11.4 Å². The molecule has 7 nitrogen and oxygen atoms in total. The van der Waals surface area contributed by atoms with Gasteiger partial charge in [-0.3, -0.25) is 0 Å². The molecule has 4 rings (SSSR count). The fourth-order valence-electron chi connectivity index (χ4n) is 3.27. The first-order valence-electron chi connectivity index (χ1n) is 9.69. The Labute approximate surface area is 187 Å². The summed E-state index contributed by atoms with van der Waals surface area (Å²) in [5, 5.41) is 5.63. The largest absolute Gasteiger partial charge is 0.497 e. The number of esters is 1. The minimum absolute atomic E-state index is 0.240. The van der Waals surface area contributed by atoms with Crippen molar-refractivity contribution in [2.75, 3.05) is 19.5 Å². The van der Waals surface area contributed by atoms with E-state index in [4.69, 9.17) is 9.47 Å². The van der Waals surface area contributed by atoms with E-state index in [9.17, 15) is 9.59 Å². The summed E-state index contributed by atoms with van der Waals surface area (Å²) in [6.45, 7) is 2.00. The minimum Gasteiger partial charge on any atom is -0.497 e. The second-order valence-electron chi connectivity index (χ2n) is 6.65. The van der Waals surface area contributed by atoms with E-state index in [2.05, 4.69) is 15.6 Å². The molecule has 0 saturated heterocycles. The van der Waals surface area contributed by atoms with Crippen LogP contribution in [0.15, 0.2) is 64.1 Å². The maximum absolute atomic E-state index is 12.9. The number of hydrogen-bond acceptors (Lipinski definition) is 7. The molecular formula is C22H21N3O4S2. The van der Waals surface area contributed by atoms with Crippen molar-refractivity contribution in [2.45, 2.75) is 17.3 Å². The van der Waals surface area contributed by atoms with Crippen molar-refractivity contribution >= 4 is 45.3 Å². The van der Waals surface area contributed by atoms with Crippen LogP contribution >= 0.6 is 23.1 Å². The second kappa shape index (κ2) is 9.40. The van der Waals surface area contributed by atoms with Gasteiger partial charge in [-0.05, 0) is 36.8 Å². The maximum Gasteiger partial charge on any atom is 0.338 e. The van der Waals surface area contributed by atoms with Crippen LogP contribution in [0.5, 0.6) is 5.75 Å². The number of urea groups is 1. The second-order valence-corrected chi connectivity index (χ2v) is 8.91. The fraction of sp³-hybridized carbons (Fsp3) is 0.227. The van der Waals surface area contributed by atoms with Crippen LogP contribution in [0, 0.1) is 0 Å². The highest BCUT2D eigenvalue weighted by atomic mass is 32.2. The molecule has 0 bridgehead atoms. The Morgan fingerprint density at radius 1 is 1.19 bits per heavy atom. The first-order valence-corrected chi connectivity index (χ1v) is 11.5. The zero-order valence-corrected chi connectivity index (χ0v) is 18.6. The number of amides is 2. The van der Waals surface area contributed by atoms with Gasteiger partial charge in [0.2, 0.25) is 0 Å². The van der Waals surface area contributed by atoms with E-state index in [1.165, 1.54) is 11.8 Å². The first kappa shape index (κ1) is 21.2. The van der Waals surface area contributed by atoms with Gasteiger partial charge in [-0.2, -0.15) is 0 Å². The van der Waals surface area contributed by atoms with Gasteiger partial charge >= 0.3 is 12.0 Å². The number of hydrogen-bond donors (Lipinski definition) is 2. The summed E-state index contributed by atoms with van der Waals surface area (Å²) in [7, 11) is 1.59. The van der Waals surface area contributed by atoms with E-state index in [0.717, 1.165) is 20.1 Å². The summed E-state index contributed by atoms with van der Waals surface area (Å²) >= 11 is 3.06.